The molecule has 2 heterocycles. The minimum atomic E-state index is -0.755. The van der Waals surface area contributed by atoms with Crippen molar-refractivity contribution in [3.05, 3.63) is 99.1 Å². The predicted molar refractivity (Wildman–Crippen MR) is 145 cm³/mol. The van der Waals surface area contributed by atoms with Gasteiger partial charge < -0.3 is 11.1 Å². The number of carbonyl (C=O) groups excluding carboxylic acids is 1. The van der Waals surface area contributed by atoms with Gasteiger partial charge in [-0.2, -0.15) is 0 Å². The summed E-state index contributed by atoms with van der Waals surface area (Å²) in [6, 6.07) is 20.6. The number of amides is 1. The zero-order chi connectivity index (χ0) is 25.8. The Hall–Kier alpha value is -3.88. The van der Waals surface area contributed by atoms with Crippen molar-refractivity contribution < 1.29 is 9.72 Å². The van der Waals surface area contributed by atoms with Gasteiger partial charge in [-0.3, -0.25) is 24.8 Å². The Kier molecular flexibility index (Phi) is 7.39. The fraction of sp³-hybridized carbons (Fsp3) is 0.310. The van der Waals surface area contributed by atoms with Crippen LogP contribution in [0.4, 0.5) is 17.1 Å². The molecule has 0 saturated carbocycles. The topological polar surface area (TPSA) is 114 Å². The van der Waals surface area contributed by atoms with Gasteiger partial charge in [0.15, 0.2) is 0 Å². The van der Waals surface area contributed by atoms with E-state index in [9.17, 15) is 14.9 Å². The van der Waals surface area contributed by atoms with Gasteiger partial charge in [0, 0.05) is 29.9 Å². The molecule has 1 unspecified atom stereocenters. The van der Waals surface area contributed by atoms with E-state index < -0.39 is 10.8 Å². The Morgan fingerprint density at radius 3 is 2.41 bits per heavy atom. The number of anilines is 1. The smallest absolute Gasteiger partial charge is 0.269 e. The van der Waals surface area contributed by atoms with Gasteiger partial charge >= 0.3 is 0 Å². The van der Waals surface area contributed by atoms with E-state index in [0.29, 0.717) is 23.5 Å². The van der Waals surface area contributed by atoms with Gasteiger partial charge in [0.2, 0.25) is 5.91 Å². The first-order valence-corrected chi connectivity index (χ1v) is 12.8. The summed E-state index contributed by atoms with van der Waals surface area (Å²) >= 11 is 0. The lowest BCUT2D eigenvalue weighted by molar-refractivity contribution is -0.384. The summed E-state index contributed by atoms with van der Waals surface area (Å²) < 4.78 is 0. The monoisotopic (exact) mass is 497 g/mol. The minimum Gasteiger partial charge on any atom is -0.330 e. The second-order valence-electron chi connectivity index (χ2n) is 9.69. The molecule has 8 heteroatoms. The molecule has 8 nitrogen and oxygen atoms in total. The van der Waals surface area contributed by atoms with Crippen LogP contribution in [0.15, 0.2) is 71.7 Å². The lowest BCUT2D eigenvalue weighted by Crippen LogP contribution is -2.22. The highest BCUT2D eigenvalue weighted by Gasteiger charge is 2.36. The highest BCUT2D eigenvalue weighted by Crippen LogP contribution is 2.38. The van der Waals surface area contributed by atoms with Gasteiger partial charge in [-0.05, 0) is 80.2 Å². The maximum Gasteiger partial charge on any atom is 0.269 e. The number of aryl methyl sites for hydroxylation is 1. The van der Waals surface area contributed by atoms with Crippen molar-refractivity contribution in [2.75, 3.05) is 25.0 Å². The predicted octanol–water partition coefficient (Wildman–Crippen LogP) is 4.94. The SMILES string of the molecule is NCCCc1ccc(C(=Nc2ccc(CN3CCCC3)cc2)C2C(=O)Nc3ccc([N+](=O)[O-])cc32)cc1. The van der Waals surface area contributed by atoms with E-state index in [-0.39, 0.29) is 11.6 Å². The summed E-state index contributed by atoms with van der Waals surface area (Å²) in [5.41, 5.74) is 11.2. The van der Waals surface area contributed by atoms with Crippen LogP contribution < -0.4 is 11.1 Å². The van der Waals surface area contributed by atoms with Crippen LogP contribution in [0.2, 0.25) is 0 Å². The molecule has 37 heavy (non-hydrogen) atoms. The number of fused-ring (bicyclic) bond motifs is 1. The molecule has 190 valence electrons. The van der Waals surface area contributed by atoms with E-state index in [1.54, 1.807) is 6.07 Å². The van der Waals surface area contributed by atoms with Crippen LogP contribution in [0.1, 0.15) is 47.4 Å². The van der Waals surface area contributed by atoms with E-state index in [0.717, 1.165) is 49.3 Å². The van der Waals surface area contributed by atoms with Crippen molar-refractivity contribution in [1.82, 2.24) is 4.90 Å². The number of likely N-dealkylation sites (tertiary alicyclic amines) is 1. The second-order valence-corrected chi connectivity index (χ2v) is 9.69. The lowest BCUT2D eigenvalue weighted by Gasteiger charge is -2.16. The van der Waals surface area contributed by atoms with Crippen LogP contribution in [0.3, 0.4) is 0 Å². The average molecular weight is 498 g/mol. The van der Waals surface area contributed by atoms with Crippen molar-refractivity contribution in [3.63, 3.8) is 0 Å². The van der Waals surface area contributed by atoms with Gasteiger partial charge in [-0.15, -0.1) is 0 Å². The Morgan fingerprint density at radius 2 is 1.73 bits per heavy atom. The molecule has 3 aromatic rings. The first kappa shape index (κ1) is 24.8. The number of non-ortho nitro benzene ring substituents is 1. The number of nitro groups is 1. The molecule has 3 aromatic carbocycles. The van der Waals surface area contributed by atoms with E-state index in [2.05, 4.69) is 22.3 Å². The van der Waals surface area contributed by atoms with Gasteiger partial charge in [-0.1, -0.05) is 36.4 Å². The summed E-state index contributed by atoms with van der Waals surface area (Å²) in [6.45, 7) is 3.81. The molecule has 3 N–H and O–H groups in total. The van der Waals surface area contributed by atoms with E-state index >= 15 is 0 Å². The van der Waals surface area contributed by atoms with Crippen LogP contribution in [-0.2, 0) is 17.8 Å². The van der Waals surface area contributed by atoms with Crippen molar-refractivity contribution in [1.29, 1.82) is 0 Å². The molecule has 2 aliphatic heterocycles. The third-order valence-corrected chi connectivity index (χ3v) is 7.06. The van der Waals surface area contributed by atoms with E-state index in [4.69, 9.17) is 10.7 Å². The summed E-state index contributed by atoms with van der Waals surface area (Å²) in [4.78, 5) is 31.6. The first-order chi connectivity index (χ1) is 18.0. The Bertz CT molecular complexity index is 1310. The fourth-order valence-corrected chi connectivity index (χ4v) is 5.09. The molecule has 0 spiro atoms. The number of hydrogen-bond acceptors (Lipinski definition) is 6. The number of carbonyl (C=O) groups is 1. The van der Waals surface area contributed by atoms with Crippen LogP contribution in [-0.4, -0.2) is 41.1 Å². The van der Waals surface area contributed by atoms with Gasteiger partial charge in [0.25, 0.3) is 5.69 Å². The zero-order valence-electron chi connectivity index (χ0n) is 20.7. The molecule has 5 rings (SSSR count). The normalized spacial score (nSPS) is 17.6. The number of nitrogens with zero attached hydrogens (tertiary/aromatic N) is 3. The number of rotatable bonds is 9. The number of hydrogen-bond donors (Lipinski definition) is 2. The molecular weight excluding hydrogens is 466 g/mol. The molecule has 0 radical (unpaired) electrons. The van der Waals surface area contributed by atoms with Crippen molar-refractivity contribution in [2.24, 2.45) is 10.7 Å². The van der Waals surface area contributed by atoms with Crippen LogP contribution in [0, 0.1) is 10.1 Å². The third kappa shape index (κ3) is 5.60. The molecule has 0 bridgehead atoms. The molecule has 0 aromatic heterocycles. The quantitative estimate of drug-likeness (QED) is 0.247. The third-order valence-electron chi connectivity index (χ3n) is 7.06. The second kappa shape index (κ2) is 11.0. The van der Waals surface area contributed by atoms with Crippen LogP contribution in [0.5, 0.6) is 0 Å². The molecule has 1 atom stereocenters. The number of nitrogens with two attached hydrogens (primary N) is 1. The van der Waals surface area contributed by atoms with Crippen LogP contribution in [0.25, 0.3) is 0 Å². The Labute approximate surface area is 216 Å². The average Bonchev–Trinajstić information content (AvgIpc) is 3.54. The standard InChI is InChI=1S/C29H31N5O3/c30-15-3-4-20-5-9-22(10-6-20)28(27-25-18-24(34(36)37)13-14-26(25)32-29(27)35)31-23-11-7-21(8-12-23)19-33-16-1-2-17-33/h5-14,18,27H,1-4,15-17,19,30H2,(H,32,35). The lowest BCUT2D eigenvalue weighted by atomic mass is 9.89. The largest absolute Gasteiger partial charge is 0.330 e. The fourth-order valence-electron chi connectivity index (χ4n) is 5.09. The summed E-state index contributed by atoms with van der Waals surface area (Å²) in [6.07, 6.45) is 4.27. The van der Waals surface area contributed by atoms with Gasteiger partial charge in [0.1, 0.15) is 5.92 Å². The number of nitrogens with one attached hydrogen (secondary N) is 1. The summed E-state index contributed by atoms with van der Waals surface area (Å²) in [5, 5.41) is 14.3. The van der Waals surface area contributed by atoms with Crippen molar-refractivity contribution in [3.8, 4) is 0 Å². The molecule has 0 aliphatic carbocycles. The number of aliphatic imine (C=N–C) groups is 1. The zero-order valence-corrected chi connectivity index (χ0v) is 20.7. The molecule has 1 amide bonds. The van der Waals surface area contributed by atoms with Gasteiger partial charge in [-0.25, -0.2) is 0 Å². The Balaban J connectivity index is 1.52. The minimum absolute atomic E-state index is 0.0528. The number of benzene rings is 3. The van der Waals surface area contributed by atoms with Crippen LogP contribution >= 0.6 is 0 Å². The maximum atomic E-state index is 13.2. The van der Waals surface area contributed by atoms with E-state index in [1.165, 1.54) is 30.5 Å². The molecule has 2 aliphatic rings. The number of nitro benzene ring substituents is 1. The van der Waals surface area contributed by atoms with Crippen molar-refractivity contribution >= 4 is 28.7 Å². The summed E-state index contributed by atoms with van der Waals surface area (Å²) in [7, 11) is 0. The summed E-state index contributed by atoms with van der Waals surface area (Å²) in [5.74, 6) is -0.999. The highest BCUT2D eigenvalue weighted by atomic mass is 16.6. The molecule has 1 saturated heterocycles. The van der Waals surface area contributed by atoms with Crippen molar-refractivity contribution in [2.45, 2.75) is 38.1 Å². The van der Waals surface area contributed by atoms with Gasteiger partial charge in [0.05, 0.1) is 16.3 Å². The maximum absolute atomic E-state index is 13.2. The Morgan fingerprint density at radius 1 is 1.03 bits per heavy atom. The molecule has 1 fully saturated rings. The highest BCUT2D eigenvalue weighted by molar-refractivity contribution is 6.24. The van der Waals surface area contributed by atoms with E-state index in [1.807, 2.05) is 36.4 Å². The first-order valence-electron chi connectivity index (χ1n) is 12.8. The molecular formula is C29H31N5O3.